The van der Waals surface area contributed by atoms with Crippen LogP contribution in [0, 0.1) is 0 Å². The summed E-state index contributed by atoms with van der Waals surface area (Å²) in [5.41, 5.74) is 5.61. The van der Waals surface area contributed by atoms with Crippen molar-refractivity contribution in [3.05, 3.63) is 93.5 Å². The number of hydrazine groups is 1. The standard InChI is InChI=1S/C35H41Cl2N3O7/c1-34(2,3)47-30(42)16-18-35(33(43)40-38-19-17-23-6-11-26(44-4)12-7-23)31(28-15-10-25(36)22-29(28)37)46-32(39-35)24-8-13-27(14-9-24)45-21-5-20-41/h6-15,22,31,38,41H,5,16-21H2,1-4H3,(H,40,43)/t31-,35-/m0/s1. The van der Waals surface area contributed by atoms with Crippen LogP contribution in [0.25, 0.3) is 0 Å². The van der Waals surface area contributed by atoms with Gasteiger partial charge in [-0.1, -0.05) is 41.4 Å². The third-order valence-electron chi connectivity index (χ3n) is 7.30. The lowest BCUT2D eigenvalue weighted by Gasteiger charge is -2.31. The van der Waals surface area contributed by atoms with Gasteiger partial charge in [0.2, 0.25) is 5.90 Å². The molecule has 12 heteroatoms. The number of nitrogens with zero attached hydrogens (tertiary/aromatic N) is 1. The summed E-state index contributed by atoms with van der Waals surface area (Å²) in [6.07, 6.45) is -0.0305. The van der Waals surface area contributed by atoms with Crippen LogP contribution in [-0.2, 0) is 25.5 Å². The van der Waals surface area contributed by atoms with E-state index in [0.29, 0.717) is 47.9 Å². The van der Waals surface area contributed by atoms with E-state index in [1.54, 1.807) is 70.3 Å². The minimum atomic E-state index is -1.62. The van der Waals surface area contributed by atoms with Gasteiger partial charge in [0.1, 0.15) is 17.1 Å². The molecular weight excluding hydrogens is 645 g/mol. The molecule has 1 amide bonds. The van der Waals surface area contributed by atoms with Crippen molar-refractivity contribution in [2.45, 2.75) is 63.7 Å². The molecule has 0 saturated carbocycles. The highest BCUT2D eigenvalue weighted by molar-refractivity contribution is 6.35. The second kappa shape index (κ2) is 16.3. The van der Waals surface area contributed by atoms with Gasteiger partial charge in [-0.15, -0.1) is 0 Å². The molecule has 10 nitrogen and oxygen atoms in total. The molecule has 0 aliphatic carbocycles. The third-order valence-corrected chi connectivity index (χ3v) is 7.87. The van der Waals surface area contributed by atoms with Crippen molar-refractivity contribution < 1.29 is 33.6 Å². The summed E-state index contributed by atoms with van der Waals surface area (Å²) in [4.78, 5) is 32.1. The number of methoxy groups -OCH3 is 1. The van der Waals surface area contributed by atoms with E-state index in [4.69, 9.17) is 52.2 Å². The predicted octanol–water partition coefficient (Wildman–Crippen LogP) is 6.01. The second-order valence-electron chi connectivity index (χ2n) is 12.0. The Morgan fingerprint density at radius 1 is 1.02 bits per heavy atom. The molecule has 1 aliphatic heterocycles. The monoisotopic (exact) mass is 685 g/mol. The zero-order chi connectivity index (χ0) is 34.0. The number of hydrogen-bond donors (Lipinski definition) is 3. The van der Waals surface area contributed by atoms with Crippen LogP contribution < -0.4 is 20.3 Å². The molecule has 2 atom stereocenters. The van der Waals surface area contributed by atoms with Crippen LogP contribution in [0.5, 0.6) is 11.5 Å². The number of esters is 1. The van der Waals surface area contributed by atoms with Gasteiger partial charge in [0.05, 0.1) is 13.7 Å². The van der Waals surface area contributed by atoms with Gasteiger partial charge >= 0.3 is 5.97 Å². The van der Waals surface area contributed by atoms with E-state index in [-0.39, 0.29) is 30.4 Å². The molecule has 0 fully saturated rings. The lowest BCUT2D eigenvalue weighted by atomic mass is 9.83. The zero-order valence-corrected chi connectivity index (χ0v) is 28.5. The van der Waals surface area contributed by atoms with Crippen LogP contribution in [0.4, 0.5) is 0 Å². The van der Waals surface area contributed by atoms with Gasteiger partial charge in [-0.05, 0) is 87.7 Å². The van der Waals surface area contributed by atoms with E-state index in [1.165, 1.54) is 0 Å². The number of halogens is 2. The number of ether oxygens (including phenoxy) is 4. The van der Waals surface area contributed by atoms with Crippen LogP contribution in [-0.4, -0.2) is 60.9 Å². The Morgan fingerprint density at radius 2 is 1.72 bits per heavy atom. The summed E-state index contributed by atoms with van der Waals surface area (Å²) in [5, 5.41) is 9.75. The minimum absolute atomic E-state index is 0.0289. The van der Waals surface area contributed by atoms with Crippen LogP contribution in [0.1, 0.15) is 62.8 Å². The lowest BCUT2D eigenvalue weighted by Crippen LogP contribution is -2.53. The maximum absolute atomic E-state index is 14.3. The fraction of sp³-hybridized carbons (Fsp3) is 0.400. The maximum atomic E-state index is 14.3. The Kier molecular flexibility index (Phi) is 12.5. The molecule has 4 rings (SSSR count). The molecule has 0 aromatic heterocycles. The summed E-state index contributed by atoms with van der Waals surface area (Å²) in [6, 6.07) is 19.6. The molecule has 0 spiro atoms. The summed E-state index contributed by atoms with van der Waals surface area (Å²) in [7, 11) is 1.61. The highest BCUT2D eigenvalue weighted by atomic mass is 35.5. The van der Waals surface area contributed by atoms with E-state index < -0.39 is 29.1 Å². The van der Waals surface area contributed by atoms with Crippen LogP contribution in [0.15, 0.2) is 71.7 Å². The van der Waals surface area contributed by atoms with Crippen molar-refractivity contribution in [2.24, 2.45) is 4.99 Å². The van der Waals surface area contributed by atoms with Gasteiger partial charge in [0.15, 0.2) is 11.6 Å². The van der Waals surface area contributed by atoms with Gasteiger partial charge in [0.25, 0.3) is 5.91 Å². The first-order valence-corrected chi connectivity index (χ1v) is 16.1. The van der Waals surface area contributed by atoms with E-state index in [0.717, 1.165) is 11.3 Å². The number of hydrogen-bond acceptors (Lipinski definition) is 9. The smallest absolute Gasteiger partial charge is 0.306 e. The molecular formula is C35H41Cl2N3O7. The molecule has 0 radical (unpaired) electrons. The molecule has 252 valence electrons. The van der Waals surface area contributed by atoms with Crippen molar-refractivity contribution in [2.75, 3.05) is 26.9 Å². The number of carbonyl (C=O) groups is 2. The quantitative estimate of drug-likeness (QED) is 0.101. The van der Waals surface area contributed by atoms with Gasteiger partial charge in [0, 0.05) is 47.2 Å². The van der Waals surface area contributed by atoms with Crippen molar-refractivity contribution in [3.63, 3.8) is 0 Å². The lowest BCUT2D eigenvalue weighted by molar-refractivity contribution is -0.155. The molecule has 0 saturated heterocycles. The van der Waals surface area contributed by atoms with Crippen molar-refractivity contribution in [3.8, 4) is 11.5 Å². The Labute approximate surface area is 285 Å². The number of nitrogens with one attached hydrogen (secondary N) is 2. The largest absolute Gasteiger partial charge is 0.497 e. The van der Waals surface area contributed by atoms with E-state index in [9.17, 15) is 9.59 Å². The Bertz CT molecular complexity index is 1540. The van der Waals surface area contributed by atoms with E-state index in [2.05, 4.69) is 10.9 Å². The number of amides is 1. The second-order valence-corrected chi connectivity index (χ2v) is 12.9. The fourth-order valence-electron chi connectivity index (χ4n) is 5.00. The number of benzene rings is 3. The number of aliphatic hydroxyl groups is 1. The van der Waals surface area contributed by atoms with Crippen LogP contribution in [0.2, 0.25) is 10.0 Å². The molecule has 3 aromatic rings. The number of aliphatic imine (C=N–C) groups is 1. The summed E-state index contributed by atoms with van der Waals surface area (Å²) in [6.45, 7) is 6.15. The first-order chi connectivity index (χ1) is 22.4. The molecule has 3 N–H and O–H groups in total. The molecule has 1 heterocycles. The molecule has 1 aliphatic rings. The first-order valence-electron chi connectivity index (χ1n) is 15.4. The molecule has 3 aromatic carbocycles. The summed E-state index contributed by atoms with van der Waals surface area (Å²) < 4.78 is 22.9. The van der Waals surface area contributed by atoms with E-state index in [1.807, 2.05) is 24.3 Å². The van der Waals surface area contributed by atoms with Crippen LogP contribution in [0.3, 0.4) is 0 Å². The average molecular weight is 687 g/mol. The number of aliphatic hydroxyl groups excluding tert-OH is 1. The molecule has 0 bridgehead atoms. The van der Waals surface area contributed by atoms with Gasteiger partial charge in [-0.2, -0.15) is 0 Å². The third kappa shape index (κ3) is 9.84. The molecule has 47 heavy (non-hydrogen) atoms. The predicted molar refractivity (Wildman–Crippen MR) is 181 cm³/mol. The van der Waals surface area contributed by atoms with E-state index >= 15 is 0 Å². The average Bonchev–Trinajstić information content (AvgIpc) is 3.42. The minimum Gasteiger partial charge on any atom is -0.497 e. The van der Waals surface area contributed by atoms with Crippen molar-refractivity contribution in [1.82, 2.24) is 10.9 Å². The van der Waals surface area contributed by atoms with Gasteiger partial charge in [-0.3, -0.25) is 15.0 Å². The zero-order valence-electron chi connectivity index (χ0n) is 27.0. The summed E-state index contributed by atoms with van der Waals surface area (Å²) >= 11 is 12.9. The molecule has 0 unspecified atom stereocenters. The highest BCUT2D eigenvalue weighted by Gasteiger charge is 2.54. The first kappa shape index (κ1) is 36.0. The topological polar surface area (TPSA) is 128 Å². The van der Waals surface area contributed by atoms with Crippen LogP contribution >= 0.6 is 23.2 Å². The number of carbonyl (C=O) groups excluding carboxylic acids is 2. The fourth-order valence-corrected chi connectivity index (χ4v) is 5.50. The highest BCUT2D eigenvalue weighted by Crippen LogP contribution is 2.45. The van der Waals surface area contributed by atoms with Crippen molar-refractivity contribution >= 4 is 41.0 Å². The van der Waals surface area contributed by atoms with Gasteiger partial charge < -0.3 is 24.1 Å². The number of rotatable bonds is 15. The Morgan fingerprint density at radius 3 is 2.36 bits per heavy atom. The Hall–Kier alpha value is -3.83. The summed E-state index contributed by atoms with van der Waals surface area (Å²) in [5.74, 6) is 0.568. The normalized spacial score (nSPS) is 17.4. The van der Waals surface area contributed by atoms with Crippen molar-refractivity contribution in [1.29, 1.82) is 0 Å². The SMILES string of the molecule is COc1ccc(CCNNC(=O)[C@@]2(CCC(=O)OC(C)(C)C)N=C(c3ccc(OCCCO)cc3)O[C@H]2c2ccc(Cl)cc2Cl)cc1. The Balaban J connectivity index is 1.65. The van der Waals surface area contributed by atoms with Gasteiger partial charge in [-0.25, -0.2) is 10.4 Å². The maximum Gasteiger partial charge on any atom is 0.306 e.